The summed E-state index contributed by atoms with van der Waals surface area (Å²) in [7, 11) is 1.64. The predicted octanol–water partition coefficient (Wildman–Crippen LogP) is 1.21. The van der Waals surface area contributed by atoms with Crippen molar-refractivity contribution in [2.45, 2.75) is 18.5 Å². The number of amides is 1. The lowest BCUT2D eigenvalue weighted by Crippen LogP contribution is -2.44. The topological polar surface area (TPSA) is 54.0 Å². The summed E-state index contributed by atoms with van der Waals surface area (Å²) in [5.74, 6) is -0.0168. The number of halogens is 1. The maximum Gasteiger partial charge on any atom is 0.240 e. The van der Waals surface area contributed by atoms with Gasteiger partial charge in [-0.2, -0.15) is 0 Å². The van der Waals surface area contributed by atoms with Gasteiger partial charge in [0.25, 0.3) is 0 Å². The van der Waals surface area contributed by atoms with Gasteiger partial charge in [0, 0.05) is 13.2 Å². The first-order valence-electron chi connectivity index (χ1n) is 5.36. The fourth-order valence-electron chi connectivity index (χ4n) is 1.80. The van der Waals surface area contributed by atoms with E-state index in [-0.39, 0.29) is 30.4 Å². The average molecular weight is 254 g/mol. The molecule has 2 heterocycles. The molecule has 0 aliphatic carbocycles. The molecule has 1 aromatic heterocycles. The van der Waals surface area contributed by atoms with Gasteiger partial charge < -0.3 is 5.32 Å². The van der Waals surface area contributed by atoms with Crippen molar-refractivity contribution in [3.8, 4) is 0 Å². The third-order valence-corrected chi connectivity index (χ3v) is 2.65. The lowest BCUT2D eigenvalue weighted by molar-refractivity contribution is -0.121. The fraction of sp³-hybridized carbons (Fsp3) is 0.333. The van der Waals surface area contributed by atoms with Crippen LogP contribution in [0.25, 0.3) is 0 Å². The van der Waals surface area contributed by atoms with Gasteiger partial charge in [0.15, 0.2) is 0 Å². The zero-order valence-electron chi connectivity index (χ0n) is 9.59. The van der Waals surface area contributed by atoms with Crippen LogP contribution < -0.4 is 10.6 Å². The van der Waals surface area contributed by atoms with Crippen molar-refractivity contribution in [2.75, 3.05) is 7.05 Å². The number of hydrogen-bond donors (Lipinski definition) is 2. The number of nitrogens with one attached hydrogen (secondary N) is 2. The molecule has 5 heteroatoms. The van der Waals surface area contributed by atoms with Crippen molar-refractivity contribution in [3.05, 3.63) is 42.2 Å². The van der Waals surface area contributed by atoms with Crippen LogP contribution in [-0.4, -0.2) is 24.0 Å². The van der Waals surface area contributed by atoms with Gasteiger partial charge in [-0.15, -0.1) is 12.4 Å². The highest BCUT2D eigenvalue weighted by atomic mass is 35.5. The van der Waals surface area contributed by atoms with Gasteiger partial charge in [-0.3, -0.25) is 15.1 Å². The quantitative estimate of drug-likeness (QED) is 0.779. The van der Waals surface area contributed by atoms with Crippen molar-refractivity contribution in [1.82, 2.24) is 15.6 Å². The summed E-state index contributed by atoms with van der Waals surface area (Å²) in [5.41, 5.74) is 0.973. The molecular formula is C12H16ClN3O. The Kier molecular flexibility index (Phi) is 5.12. The summed E-state index contributed by atoms with van der Waals surface area (Å²) in [6.45, 7) is 0. The highest BCUT2D eigenvalue weighted by Gasteiger charge is 2.23. The number of nitrogens with zero attached hydrogens (tertiary/aromatic N) is 1. The van der Waals surface area contributed by atoms with Crippen molar-refractivity contribution < 1.29 is 4.79 Å². The largest absolute Gasteiger partial charge is 0.358 e. The Bertz CT molecular complexity index is 394. The zero-order chi connectivity index (χ0) is 11.4. The summed E-state index contributed by atoms with van der Waals surface area (Å²) < 4.78 is 0. The summed E-state index contributed by atoms with van der Waals surface area (Å²) in [6, 6.07) is 5.67. The lowest BCUT2D eigenvalue weighted by Gasteiger charge is -2.25. The number of likely N-dealkylation sites (N-methyl/N-ethyl adjacent to an activating group) is 1. The molecule has 0 aromatic carbocycles. The summed E-state index contributed by atoms with van der Waals surface area (Å²) in [6.07, 6.45) is 6.54. The first-order chi connectivity index (χ1) is 7.81. The van der Waals surface area contributed by atoms with Gasteiger partial charge in [-0.25, -0.2) is 0 Å². The van der Waals surface area contributed by atoms with Crippen LogP contribution in [0.2, 0.25) is 0 Å². The Morgan fingerprint density at radius 1 is 1.53 bits per heavy atom. The second-order valence-corrected chi connectivity index (χ2v) is 3.73. The molecule has 92 valence electrons. The zero-order valence-corrected chi connectivity index (χ0v) is 10.4. The molecular weight excluding hydrogens is 238 g/mol. The molecule has 0 spiro atoms. The van der Waals surface area contributed by atoms with Crippen molar-refractivity contribution in [2.24, 2.45) is 0 Å². The molecule has 1 aromatic rings. The molecule has 0 saturated carbocycles. The molecule has 0 radical (unpaired) electrons. The number of aromatic nitrogens is 1. The third kappa shape index (κ3) is 3.28. The SMILES string of the molecule is CNC(=O)C1C=CCC(c2ccccn2)N1.Cl. The van der Waals surface area contributed by atoms with E-state index in [1.807, 2.05) is 30.4 Å². The minimum absolute atomic E-state index is 0. The van der Waals surface area contributed by atoms with Crippen LogP contribution in [0.1, 0.15) is 18.2 Å². The number of hydrogen-bond acceptors (Lipinski definition) is 3. The summed E-state index contributed by atoms with van der Waals surface area (Å²) >= 11 is 0. The lowest BCUT2D eigenvalue weighted by atomic mass is 10.0. The number of carbonyl (C=O) groups is 1. The number of rotatable bonds is 2. The second kappa shape index (κ2) is 6.37. The van der Waals surface area contributed by atoms with Crippen LogP contribution in [0.5, 0.6) is 0 Å². The Morgan fingerprint density at radius 2 is 2.35 bits per heavy atom. The standard InChI is InChI=1S/C12H15N3O.ClH/c1-13-12(16)11-7-4-6-10(15-11)9-5-2-3-8-14-9;/h2-5,7-8,10-11,15H,6H2,1H3,(H,13,16);1H. The van der Waals surface area contributed by atoms with Crippen molar-refractivity contribution in [3.63, 3.8) is 0 Å². The average Bonchev–Trinajstić information content (AvgIpc) is 2.39. The first kappa shape index (κ1) is 13.7. The third-order valence-electron chi connectivity index (χ3n) is 2.65. The van der Waals surface area contributed by atoms with Crippen LogP contribution in [-0.2, 0) is 4.79 Å². The minimum atomic E-state index is -0.259. The van der Waals surface area contributed by atoms with Gasteiger partial charge in [-0.1, -0.05) is 18.2 Å². The van der Waals surface area contributed by atoms with E-state index in [9.17, 15) is 4.79 Å². The molecule has 0 saturated heterocycles. The van der Waals surface area contributed by atoms with Crippen molar-refractivity contribution in [1.29, 1.82) is 0 Å². The van der Waals surface area contributed by atoms with E-state index < -0.39 is 0 Å². The molecule has 2 rings (SSSR count). The van der Waals surface area contributed by atoms with E-state index in [0.717, 1.165) is 12.1 Å². The van der Waals surface area contributed by atoms with Gasteiger partial charge in [0.2, 0.25) is 5.91 Å². The summed E-state index contributed by atoms with van der Waals surface area (Å²) in [4.78, 5) is 15.8. The number of pyridine rings is 1. The molecule has 2 unspecified atom stereocenters. The van der Waals surface area contributed by atoms with Gasteiger partial charge >= 0.3 is 0 Å². The molecule has 1 amide bonds. The van der Waals surface area contributed by atoms with Crippen LogP contribution in [0, 0.1) is 0 Å². The molecule has 0 bridgehead atoms. The molecule has 4 nitrogen and oxygen atoms in total. The molecule has 1 aliphatic heterocycles. The van der Waals surface area contributed by atoms with E-state index in [0.29, 0.717) is 0 Å². The van der Waals surface area contributed by atoms with E-state index >= 15 is 0 Å². The maximum absolute atomic E-state index is 11.5. The highest BCUT2D eigenvalue weighted by molar-refractivity contribution is 5.85. The molecule has 0 fully saturated rings. The van der Waals surface area contributed by atoms with Crippen LogP contribution in [0.3, 0.4) is 0 Å². The Hall–Kier alpha value is -1.39. The Labute approximate surface area is 107 Å². The minimum Gasteiger partial charge on any atom is -0.358 e. The normalized spacial score (nSPS) is 22.6. The van der Waals surface area contributed by atoms with Gasteiger partial charge in [0.1, 0.15) is 6.04 Å². The molecule has 2 atom stereocenters. The fourth-order valence-corrected chi connectivity index (χ4v) is 1.80. The van der Waals surface area contributed by atoms with Crippen LogP contribution in [0.15, 0.2) is 36.5 Å². The van der Waals surface area contributed by atoms with Gasteiger partial charge in [0.05, 0.1) is 11.7 Å². The number of carbonyl (C=O) groups excluding carboxylic acids is 1. The Balaban J connectivity index is 0.00000144. The van der Waals surface area contributed by atoms with Gasteiger partial charge in [-0.05, 0) is 18.6 Å². The Morgan fingerprint density at radius 3 is 3.00 bits per heavy atom. The predicted molar refractivity (Wildman–Crippen MR) is 69.0 cm³/mol. The molecule has 1 aliphatic rings. The molecule has 2 N–H and O–H groups in total. The van der Waals surface area contributed by atoms with Crippen LogP contribution >= 0.6 is 12.4 Å². The van der Waals surface area contributed by atoms with E-state index in [1.54, 1.807) is 13.2 Å². The van der Waals surface area contributed by atoms with E-state index in [2.05, 4.69) is 15.6 Å². The second-order valence-electron chi connectivity index (χ2n) is 3.73. The maximum atomic E-state index is 11.5. The first-order valence-corrected chi connectivity index (χ1v) is 5.36. The van der Waals surface area contributed by atoms with Crippen molar-refractivity contribution >= 4 is 18.3 Å². The monoisotopic (exact) mass is 253 g/mol. The summed E-state index contributed by atoms with van der Waals surface area (Å²) in [5, 5.41) is 5.89. The van der Waals surface area contributed by atoms with E-state index in [4.69, 9.17) is 0 Å². The van der Waals surface area contributed by atoms with Crippen LogP contribution in [0.4, 0.5) is 0 Å². The smallest absolute Gasteiger partial charge is 0.240 e. The molecule has 17 heavy (non-hydrogen) atoms. The highest BCUT2D eigenvalue weighted by Crippen LogP contribution is 2.19. The van der Waals surface area contributed by atoms with E-state index in [1.165, 1.54) is 0 Å².